The molecule has 0 amide bonds. The van der Waals surface area contributed by atoms with Crippen molar-refractivity contribution < 1.29 is 18.7 Å². The highest BCUT2D eigenvalue weighted by molar-refractivity contribution is 5.76. The second-order valence-corrected chi connectivity index (χ2v) is 4.60. The molecule has 7 heteroatoms. The number of fused-ring (bicyclic) bond motifs is 1. The van der Waals surface area contributed by atoms with Gasteiger partial charge in [-0.25, -0.2) is 13.8 Å². The fourth-order valence-electron chi connectivity index (χ4n) is 1.76. The minimum atomic E-state index is -0.995. The van der Waals surface area contributed by atoms with E-state index in [9.17, 15) is 13.6 Å². The summed E-state index contributed by atoms with van der Waals surface area (Å²) in [5.41, 5.74) is 0.462. The van der Waals surface area contributed by atoms with Crippen molar-refractivity contribution in [2.24, 2.45) is 5.92 Å². The molecule has 1 aromatic heterocycles. The molecule has 0 aliphatic carbocycles. The smallest absolute Gasteiger partial charge is 0.308 e. The topological polar surface area (TPSA) is 66.3 Å². The molecule has 1 aromatic carbocycles. The third kappa shape index (κ3) is 2.81. The van der Waals surface area contributed by atoms with Gasteiger partial charge in [0.1, 0.15) is 5.82 Å². The largest absolute Gasteiger partial charge is 0.481 e. The third-order valence-corrected chi connectivity index (χ3v) is 2.93. The first-order chi connectivity index (χ1) is 9.38. The number of aromatic nitrogens is 2. The van der Waals surface area contributed by atoms with Crippen molar-refractivity contribution in [1.82, 2.24) is 9.97 Å². The highest BCUT2D eigenvalue weighted by atomic mass is 19.2. The molecule has 1 N–H and O–H groups in total. The molecule has 0 bridgehead atoms. The fourth-order valence-corrected chi connectivity index (χ4v) is 1.76. The normalized spacial score (nSPS) is 12.4. The van der Waals surface area contributed by atoms with Crippen LogP contribution in [0.1, 0.15) is 6.92 Å². The Kier molecular flexibility index (Phi) is 3.78. The zero-order valence-corrected chi connectivity index (χ0v) is 11.0. The lowest BCUT2D eigenvalue weighted by Crippen LogP contribution is -2.29. The summed E-state index contributed by atoms with van der Waals surface area (Å²) in [5, 5.41) is 8.86. The van der Waals surface area contributed by atoms with E-state index in [0.717, 1.165) is 12.1 Å². The molecule has 5 nitrogen and oxygen atoms in total. The monoisotopic (exact) mass is 281 g/mol. The van der Waals surface area contributed by atoms with E-state index >= 15 is 0 Å². The molecule has 2 rings (SSSR count). The van der Waals surface area contributed by atoms with Crippen LogP contribution in [0.25, 0.3) is 11.0 Å². The van der Waals surface area contributed by atoms with Crippen molar-refractivity contribution >= 4 is 22.8 Å². The number of carboxylic acid groups (broad SMARTS) is 1. The van der Waals surface area contributed by atoms with E-state index < -0.39 is 23.5 Å². The number of hydrogen-bond acceptors (Lipinski definition) is 4. The Morgan fingerprint density at radius 2 is 1.95 bits per heavy atom. The van der Waals surface area contributed by atoms with Crippen LogP contribution in [0.4, 0.5) is 14.6 Å². The van der Waals surface area contributed by atoms with E-state index in [1.165, 1.54) is 6.20 Å². The van der Waals surface area contributed by atoms with Gasteiger partial charge in [0.15, 0.2) is 11.6 Å². The minimum Gasteiger partial charge on any atom is -0.481 e. The van der Waals surface area contributed by atoms with Gasteiger partial charge in [-0.1, -0.05) is 6.92 Å². The van der Waals surface area contributed by atoms with Gasteiger partial charge in [-0.15, -0.1) is 0 Å². The molecule has 0 spiro atoms. The number of carbonyl (C=O) groups is 1. The Morgan fingerprint density at radius 3 is 2.55 bits per heavy atom. The number of aliphatic carboxylic acids is 1. The molecule has 0 fully saturated rings. The average Bonchev–Trinajstić information content (AvgIpc) is 2.39. The Morgan fingerprint density at radius 1 is 1.35 bits per heavy atom. The number of halogens is 2. The van der Waals surface area contributed by atoms with E-state index in [4.69, 9.17) is 5.11 Å². The van der Waals surface area contributed by atoms with Crippen molar-refractivity contribution in [3.63, 3.8) is 0 Å². The number of carboxylic acids is 1. The lowest BCUT2D eigenvalue weighted by Gasteiger charge is -2.20. The lowest BCUT2D eigenvalue weighted by molar-refractivity contribution is -0.140. The lowest BCUT2D eigenvalue weighted by atomic mass is 10.2. The van der Waals surface area contributed by atoms with Gasteiger partial charge in [0, 0.05) is 25.7 Å². The van der Waals surface area contributed by atoms with Gasteiger partial charge >= 0.3 is 5.97 Å². The van der Waals surface area contributed by atoms with Crippen molar-refractivity contribution in [3.8, 4) is 0 Å². The maximum atomic E-state index is 13.2. The number of hydrogen-bond donors (Lipinski definition) is 1. The van der Waals surface area contributed by atoms with Crippen molar-refractivity contribution in [2.45, 2.75) is 6.92 Å². The average molecular weight is 281 g/mol. The van der Waals surface area contributed by atoms with Crippen LogP contribution in [-0.2, 0) is 4.79 Å². The highest BCUT2D eigenvalue weighted by Gasteiger charge is 2.15. The Labute approximate surface area is 113 Å². The Balaban J connectivity index is 2.31. The summed E-state index contributed by atoms with van der Waals surface area (Å²) in [7, 11) is 1.66. The predicted molar refractivity (Wildman–Crippen MR) is 69.5 cm³/mol. The summed E-state index contributed by atoms with van der Waals surface area (Å²) in [6.07, 6.45) is 1.40. The van der Waals surface area contributed by atoms with Crippen LogP contribution in [0.5, 0.6) is 0 Å². The first-order valence-electron chi connectivity index (χ1n) is 5.94. The minimum absolute atomic E-state index is 0.219. The molecule has 0 saturated heterocycles. The Hall–Kier alpha value is -2.31. The summed E-state index contributed by atoms with van der Waals surface area (Å²) in [4.78, 5) is 20.6. The first-order valence-corrected chi connectivity index (χ1v) is 5.94. The maximum absolute atomic E-state index is 13.2. The standard InChI is InChI=1S/C13H13F2N3O2/c1-7(13(19)20)6-18(2)12-5-16-10-3-8(14)9(15)4-11(10)17-12/h3-5,7H,6H2,1-2H3,(H,19,20). The number of rotatable bonds is 4. The molecule has 0 aliphatic rings. The second-order valence-electron chi connectivity index (χ2n) is 4.60. The summed E-state index contributed by atoms with van der Waals surface area (Å²) in [5.74, 6) is -3.07. The second kappa shape index (κ2) is 5.36. The molecule has 106 valence electrons. The van der Waals surface area contributed by atoms with Crippen LogP contribution in [-0.4, -0.2) is 34.6 Å². The van der Waals surface area contributed by atoms with Crippen LogP contribution in [0.15, 0.2) is 18.3 Å². The highest BCUT2D eigenvalue weighted by Crippen LogP contribution is 2.18. The van der Waals surface area contributed by atoms with Crippen LogP contribution in [0.2, 0.25) is 0 Å². The number of nitrogens with zero attached hydrogens (tertiary/aromatic N) is 3. The number of anilines is 1. The van der Waals surface area contributed by atoms with E-state index in [1.54, 1.807) is 18.9 Å². The zero-order chi connectivity index (χ0) is 14.9. The van der Waals surface area contributed by atoms with E-state index in [0.29, 0.717) is 5.82 Å². The van der Waals surface area contributed by atoms with Gasteiger partial charge in [-0.2, -0.15) is 0 Å². The summed E-state index contributed by atoms with van der Waals surface area (Å²) in [6.45, 7) is 1.81. The van der Waals surface area contributed by atoms with Crippen LogP contribution in [0.3, 0.4) is 0 Å². The molecule has 1 unspecified atom stereocenters. The van der Waals surface area contributed by atoms with Crippen molar-refractivity contribution in [2.75, 3.05) is 18.5 Å². The molecular formula is C13H13F2N3O2. The van der Waals surface area contributed by atoms with Gasteiger partial charge in [0.25, 0.3) is 0 Å². The Bertz CT molecular complexity index is 663. The molecule has 0 radical (unpaired) electrons. The molecule has 20 heavy (non-hydrogen) atoms. The van der Waals surface area contributed by atoms with Crippen molar-refractivity contribution in [3.05, 3.63) is 30.0 Å². The van der Waals surface area contributed by atoms with Crippen LogP contribution in [0, 0.1) is 17.6 Å². The summed E-state index contributed by atoms with van der Waals surface area (Å²) in [6, 6.07) is 1.94. The third-order valence-electron chi connectivity index (χ3n) is 2.93. The van der Waals surface area contributed by atoms with Gasteiger partial charge < -0.3 is 10.0 Å². The van der Waals surface area contributed by atoms with E-state index in [2.05, 4.69) is 9.97 Å². The maximum Gasteiger partial charge on any atom is 0.308 e. The van der Waals surface area contributed by atoms with E-state index in [-0.39, 0.29) is 17.6 Å². The fraction of sp³-hybridized carbons (Fsp3) is 0.308. The van der Waals surface area contributed by atoms with Gasteiger partial charge in [-0.05, 0) is 0 Å². The van der Waals surface area contributed by atoms with Gasteiger partial charge in [0.2, 0.25) is 0 Å². The molecule has 0 aliphatic heterocycles. The molecular weight excluding hydrogens is 268 g/mol. The summed E-state index contributed by atoms with van der Waals surface area (Å²) < 4.78 is 26.2. The molecule has 0 saturated carbocycles. The van der Waals surface area contributed by atoms with E-state index in [1.807, 2.05) is 0 Å². The quantitative estimate of drug-likeness (QED) is 0.929. The van der Waals surface area contributed by atoms with Gasteiger partial charge in [-0.3, -0.25) is 9.78 Å². The number of benzene rings is 1. The van der Waals surface area contributed by atoms with Crippen molar-refractivity contribution in [1.29, 1.82) is 0 Å². The zero-order valence-electron chi connectivity index (χ0n) is 11.0. The van der Waals surface area contributed by atoms with Gasteiger partial charge in [0.05, 0.1) is 23.1 Å². The molecule has 1 heterocycles. The van der Waals surface area contributed by atoms with Crippen LogP contribution >= 0.6 is 0 Å². The summed E-state index contributed by atoms with van der Waals surface area (Å²) >= 11 is 0. The predicted octanol–water partition coefficient (Wildman–Crippen LogP) is 2.06. The molecule has 2 aromatic rings. The van der Waals surface area contributed by atoms with Crippen LogP contribution < -0.4 is 4.90 Å². The molecule has 1 atom stereocenters. The SMILES string of the molecule is CC(CN(C)c1cnc2cc(F)c(F)cc2n1)C(=O)O. The first kappa shape index (κ1) is 14.1.